The zero-order chi connectivity index (χ0) is 16.3. The van der Waals surface area contributed by atoms with Gasteiger partial charge in [-0.05, 0) is 54.4 Å². The van der Waals surface area contributed by atoms with Crippen molar-refractivity contribution in [3.8, 4) is 0 Å². The van der Waals surface area contributed by atoms with E-state index < -0.39 is 0 Å². The highest BCUT2D eigenvalue weighted by Crippen LogP contribution is 2.21. The second-order valence-electron chi connectivity index (χ2n) is 7.75. The molecule has 130 valence electrons. The number of morpholine rings is 2. The summed E-state index contributed by atoms with van der Waals surface area (Å²) in [7, 11) is 0. The molecule has 2 fully saturated rings. The average molecular weight is 312 g/mol. The zero-order valence-electron chi connectivity index (χ0n) is 15.4. The van der Waals surface area contributed by atoms with Crippen molar-refractivity contribution in [1.29, 1.82) is 0 Å². The van der Waals surface area contributed by atoms with Gasteiger partial charge in [-0.1, -0.05) is 0 Å². The van der Waals surface area contributed by atoms with E-state index in [0.29, 0.717) is 36.5 Å². The van der Waals surface area contributed by atoms with Gasteiger partial charge in [-0.25, -0.2) is 0 Å². The summed E-state index contributed by atoms with van der Waals surface area (Å²) in [5.41, 5.74) is 0. The van der Waals surface area contributed by atoms with Crippen LogP contribution in [0.4, 0.5) is 0 Å². The van der Waals surface area contributed by atoms with Crippen LogP contribution in [0.3, 0.4) is 0 Å². The molecule has 0 aromatic heterocycles. The third-order valence-corrected chi connectivity index (χ3v) is 5.06. The summed E-state index contributed by atoms with van der Waals surface area (Å²) in [5, 5.41) is 0. The van der Waals surface area contributed by atoms with E-state index in [4.69, 9.17) is 9.47 Å². The summed E-state index contributed by atoms with van der Waals surface area (Å²) in [6.45, 7) is 17.8. The Morgan fingerprint density at radius 1 is 0.818 bits per heavy atom. The van der Waals surface area contributed by atoms with Crippen molar-refractivity contribution in [3.63, 3.8) is 0 Å². The number of nitrogens with zero attached hydrogens (tertiary/aromatic N) is 2. The van der Waals surface area contributed by atoms with Crippen molar-refractivity contribution >= 4 is 0 Å². The molecular weight excluding hydrogens is 276 g/mol. The highest BCUT2D eigenvalue weighted by atomic mass is 16.5. The lowest BCUT2D eigenvalue weighted by Gasteiger charge is -2.41. The Morgan fingerprint density at radius 2 is 1.36 bits per heavy atom. The molecule has 4 nitrogen and oxygen atoms in total. The molecule has 0 aliphatic carbocycles. The third-order valence-electron chi connectivity index (χ3n) is 5.06. The number of rotatable bonds is 5. The largest absolute Gasteiger partial charge is 0.373 e. The highest BCUT2D eigenvalue weighted by molar-refractivity contribution is 4.81. The van der Waals surface area contributed by atoms with Gasteiger partial charge >= 0.3 is 0 Å². The maximum absolute atomic E-state index is 6.16. The number of ether oxygens (including phenoxy) is 2. The Kier molecular flexibility index (Phi) is 6.69. The third kappa shape index (κ3) is 5.19. The minimum Gasteiger partial charge on any atom is -0.373 e. The van der Waals surface area contributed by atoms with E-state index in [2.05, 4.69) is 51.3 Å². The van der Waals surface area contributed by atoms with Gasteiger partial charge in [0.1, 0.15) is 0 Å². The molecule has 0 radical (unpaired) electrons. The highest BCUT2D eigenvalue weighted by Gasteiger charge is 2.29. The van der Waals surface area contributed by atoms with Crippen LogP contribution in [0, 0.1) is 0 Å². The van der Waals surface area contributed by atoms with Gasteiger partial charge in [0.15, 0.2) is 0 Å². The summed E-state index contributed by atoms with van der Waals surface area (Å²) in [4.78, 5) is 5.15. The first-order valence-electron chi connectivity index (χ1n) is 9.14. The van der Waals surface area contributed by atoms with E-state index in [9.17, 15) is 0 Å². The van der Waals surface area contributed by atoms with Crippen LogP contribution < -0.4 is 0 Å². The van der Waals surface area contributed by atoms with Crippen molar-refractivity contribution in [1.82, 2.24) is 9.80 Å². The molecule has 22 heavy (non-hydrogen) atoms. The van der Waals surface area contributed by atoms with Crippen molar-refractivity contribution in [2.24, 2.45) is 0 Å². The molecule has 2 aliphatic heterocycles. The lowest BCUT2D eigenvalue weighted by Crippen LogP contribution is -2.51. The minimum absolute atomic E-state index is 0.355. The van der Waals surface area contributed by atoms with E-state index in [1.165, 1.54) is 6.42 Å². The molecule has 2 saturated heterocycles. The van der Waals surface area contributed by atoms with Crippen LogP contribution in [-0.4, -0.2) is 72.5 Å². The van der Waals surface area contributed by atoms with Crippen LogP contribution in [0.1, 0.15) is 54.4 Å². The van der Waals surface area contributed by atoms with Gasteiger partial charge in [0.25, 0.3) is 0 Å². The van der Waals surface area contributed by atoms with Gasteiger partial charge in [-0.3, -0.25) is 9.80 Å². The quantitative estimate of drug-likeness (QED) is 0.779. The Balaban J connectivity index is 1.78. The summed E-state index contributed by atoms with van der Waals surface area (Å²) < 4.78 is 12.0. The van der Waals surface area contributed by atoms with Gasteiger partial charge in [0.05, 0.1) is 24.4 Å². The molecule has 2 heterocycles. The van der Waals surface area contributed by atoms with Gasteiger partial charge in [-0.15, -0.1) is 0 Å². The lowest BCUT2D eigenvalue weighted by atomic mass is 10.0. The van der Waals surface area contributed by atoms with Crippen LogP contribution in [0.5, 0.6) is 0 Å². The molecule has 5 atom stereocenters. The van der Waals surface area contributed by atoms with E-state index in [0.717, 1.165) is 32.6 Å². The molecular formula is C18H36N2O2. The molecule has 0 saturated carbocycles. The molecule has 2 rings (SSSR count). The summed E-state index contributed by atoms with van der Waals surface area (Å²) in [6.07, 6.45) is 3.84. The first-order valence-corrected chi connectivity index (χ1v) is 9.14. The van der Waals surface area contributed by atoms with Gasteiger partial charge in [0.2, 0.25) is 0 Å². The van der Waals surface area contributed by atoms with Gasteiger partial charge in [0, 0.05) is 38.3 Å². The molecule has 1 unspecified atom stereocenters. The molecule has 0 N–H and O–H groups in total. The summed E-state index contributed by atoms with van der Waals surface area (Å²) in [6, 6.07) is 1.23. The van der Waals surface area contributed by atoms with Crippen LogP contribution in [0.15, 0.2) is 0 Å². The van der Waals surface area contributed by atoms with E-state index in [1.54, 1.807) is 0 Å². The van der Waals surface area contributed by atoms with Crippen molar-refractivity contribution in [2.75, 3.05) is 26.2 Å². The van der Waals surface area contributed by atoms with Crippen molar-refractivity contribution in [3.05, 3.63) is 0 Å². The molecule has 0 aromatic rings. The van der Waals surface area contributed by atoms with Gasteiger partial charge < -0.3 is 9.47 Å². The van der Waals surface area contributed by atoms with E-state index in [-0.39, 0.29) is 0 Å². The summed E-state index contributed by atoms with van der Waals surface area (Å²) >= 11 is 0. The van der Waals surface area contributed by atoms with E-state index in [1.807, 2.05) is 0 Å². The normalized spacial score (nSPS) is 36.7. The Hall–Kier alpha value is -0.160. The van der Waals surface area contributed by atoms with Crippen LogP contribution >= 0.6 is 0 Å². The number of hydrogen-bond acceptors (Lipinski definition) is 4. The molecule has 0 aromatic carbocycles. The second-order valence-corrected chi connectivity index (χ2v) is 7.75. The lowest BCUT2D eigenvalue weighted by molar-refractivity contribution is -0.0965. The van der Waals surface area contributed by atoms with Gasteiger partial charge in [-0.2, -0.15) is 0 Å². The maximum Gasteiger partial charge on any atom is 0.0707 e. The monoisotopic (exact) mass is 312 g/mol. The predicted octanol–water partition coefficient (Wildman–Crippen LogP) is 2.76. The fraction of sp³-hybridized carbons (Fsp3) is 1.00. The first kappa shape index (κ1) is 18.2. The maximum atomic E-state index is 6.16. The standard InChI is InChI=1S/C18H36N2O2/c1-13(2)19-9-17(6)22-18(12-19)8-7-14(3)20-10-15(4)21-16(5)11-20/h13-18H,7-12H2,1-6H3/t14?,15-,16-,17+,18+/m1/s1. The van der Waals surface area contributed by atoms with Crippen LogP contribution in [-0.2, 0) is 9.47 Å². The van der Waals surface area contributed by atoms with Crippen LogP contribution in [0.25, 0.3) is 0 Å². The Bertz CT molecular complexity index is 327. The second kappa shape index (κ2) is 8.09. The predicted molar refractivity (Wildman–Crippen MR) is 91.3 cm³/mol. The number of hydrogen-bond donors (Lipinski definition) is 0. The fourth-order valence-corrected chi connectivity index (χ4v) is 3.85. The smallest absolute Gasteiger partial charge is 0.0707 e. The first-order chi connectivity index (χ1) is 10.3. The fourth-order valence-electron chi connectivity index (χ4n) is 3.85. The topological polar surface area (TPSA) is 24.9 Å². The molecule has 0 spiro atoms. The SMILES string of the molecule is CC(C)N1C[C@H](CCC(C)N2C[C@@H](C)O[C@H](C)C2)O[C@@H](C)C1. The Labute approximate surface area is 137 Å². The Morgan fingerprint density at radius 3 is 1.95 bits per heavy atom. The molecule has 4 heteroatoms. The van der Waals surface area contributed by atoms with Crippen LogP contribution in [0.2, 0.25) is 0 Å². The molecule has 0 bridgehead atoms. The van der Waals surface area contributed by atoms with E-state index >= 15 is 0 Å². The van der Waals surface area contributed by atoms with Crippen molar-refractivity contribution in [2.45, 2.75) is 90.9 Å². The minimum atomic E-state index is 0.355. The van der Waals surface area contributed by atoms with Crippen molar-refractivity contribution < 1.29 is 9.47 Å². The molecule has 0 amide bonds. The summed E-state index contributed by atoms with van der Waals surface area (Å²) in [5.74, 6) is 0. The average Bonchev–Trinajstić information content (AvgIpc) is 2.43. The zero-order valence-corrected chi connectivity index (χ0v) is 15.4. The molecule has 2 aliphatic rings.